The Morgan fingerprint density at radius 2 is 2.00 bits per heavy atom. The number of rotatable bonds is 5. The maximum atomic E-state index is 6.70. The van der Waals surface area contributed by atoms with Gasteiger partial charge >= 0.3 is 0 Å². The van der Waals surface area contributed by atoms with Crippen molar-refractivity contribution in [1.29, 1.82) is 0 Å². The van der Waals surface area contributed by atoms with Gasteiger partial charge in [-0.2, -0.15) is 0 Å². The van der Waals surface area contributed by atoms with Crippen molar-refractivity contribution in [2.75, 3.05) is 13.2 Å². The van der Waals surface area contributed by atoms with Crippen molar-refractivity contribution >= 4 is 0 Å². The van der Waals surface area contributed by atoms with Crippen LogP contribution in [0.2, 0.25) is 0 Å². The molecule has 4 aliphatic rings. The Kier molecular flexibility index (Phi) is 5.89. The smallest absolute Gasteiger partial charge is 0.160 e. The second-order valence-electron chi connectivity index (χ2n) is 11.0. The average Bonchev–Trinajstić information content (AvgIpc) is 3.31. The first-order valence-corrected chi connectivity index (χ1v) is 12.5. The van der Waals surface area contributed by atoms with Crippen LogP contribution in [0, 0.1) is 28.6 Å². The lowest BCUT2D eigenvalue weighted by molar-refractivity contribution is -0.316. The molecule has 170 valence electrons. The van der Waals surface area contributed by atoms with Gasteiger partial charge in [-0.05, 0) is 74.3 Å². The average molecular weight is 426 g/mol. The number of nitrogens with zero attached hydrogens (tertiary/aromatic N) is 1. The van der Waals surface area contributed by atoms with Crippen molar-refractivity contribution in [2.24, 2.45) is 28.6 Å². The van der Waals surface area contributed by atoms with Crippen LogP contribution in [0.3, 0.4) is 0 Å². The molecule has 0 radical (unpaired) electrons. The van der Waals surface area contributed by atoms with Gasteiger partial charge in [0.2, 0.25) is 0 Å². The van der Waals surface area contributed by atoms with Gasteiger partial charge in [-0.1, -0.05) is 38.8 Å². The highest BCUT2D eigenvalue weighted by molar-refractivity contribution is 5.19. The minimum atomic E-state index is 0.0344. The summed E-state index contributed by atoms with van der Waals surface area (Å²) in [5.41, 5.74) is 1.76. The van der Waals surface area contributed by atoms with Crippen molar-refractivity contribution < 1.29 is 14.2 Å². The van der Waals surface area contributed by atoms with Crippen molar-refractivity contribution in [1.82, 2.24) is 4.98 Å². The number of hydrogen-bond acceptors (Lipinski definition) is 4. The summed E-state index contributed by atoms with van der Waals surface area (Å²) in [5.74, 6) is 2.57. The lowest BCUT2D eigenvalue weighted by Gasteiger charge is -2.63. The predicted octanol–water partition coefficient (Wildman–Crippen LogP) is 6.17. The first kappa shape index (κ1) is 21.5. The highest BCUT2D eigenvalue weighted by atomic mass is 16.7. The third-order valence-electron chi connectivity index (χ3n) is 9.27. The van der Waals surface area contributed by atoms with Gasteiger partial charge in [0.05, 0.1) is 25.5 Å². The van der Waals surface area contributed by atoms with E-state index in [1.165, 1.54) is 44.1 Å². The second kappa shape index (κ2) is 8.51. The standard InChI is InChI=1S/C27H39NO3/c1-19-10-11-23-26(2,22(19)13-16-29-21-9-6-15-28-17-21)14-12-24-27(23,3)18-30-25(31-24)20-7-4-5-8-20/h6,9,15,17,20,22-25H,1,4-5,7-8,10-14,16,18H2,2-3H3/t22-,23?,24-,25-,26+,27+/m1/s1. The number of aromatic nitrogens is 1. The summed E-state index contributed by atoms with van der Waals surface area (Å²) in [6.45, 7) is 11.0. The fourth-order valence-corrected chi connectivity index (χ4v) is 7.59. The zero-order valence-corrected chi connectivity index (χ0v) is 19.4. The summed E-state index contributed by atoms with van der Waals surface area (Å²) in [7, 11) is 0. The number of ether oxygens (including phenoxy) is 3. The Hall–Kier alpha value is -1.39. The zero-order valence-electron chi connectivity index (χ0n) is 19.4. The van der Waals surface area contributed by atoms with Crippen LogP contribution in [0.1, 0.15) is 71.6 Å². The van der Waals surface area contributed by atoms with E-state index in [-0.39, 0.29) is 17.1 Å². The van der Waals surface area contributed by atoms with Crippen LogP contribution in [0.4, 0.5) is 0 Å². The van der Waals surface area contributed by atoms with E-state index < -0.39 is 0 Å². The van der Waals surface area contributed by atoms with Gasteiger partial charge in [0, 0.05) is 17.5 Å². The lowest BCUT2D eigenvalue weighted by Crippen LogP contribution is -2.62. The number of hydrogen-bond donors (Lipinski definition) is 0. The van der Waals surface area contributed by atoms with Gasteiger partial charge in [-0.3, -0.25) is 4.98 Å². The molecule has 6 atom stereocenters. The Labute approximate surface area is 187 Å². The molecule has 2 heterocycles. The molecule has 4 fully saturated rings. The molecule has 4 heteroatoms. The molecular formula is C27H39NO3. The SMILES string of the molecule is C=C1CCC2[C@]3(C)CO[C@@H](C4CCCC4)O[C@@H]3CC[C@@]2(C)[C@@H]1CCOc1cccnc1. The molecular weight excluding hydrogens is 386 g/mol. The van der Waals surface area contributed by atoms with E-state index in [1.807, 2.05) is 12.1 Å². The molecule has 1 aromatic rings. The van der Waals surface area contributed by atoms with Crippen molar-refractivity contribution in [3.63, 3.8) is 0 Å². The fourth-order valence-electron chi connectivity index (χ4n) is 7.59. The highest BCUT2D eigenvalue weighted by Crippen LogP contribution is 2.63. The molecule has 0 N–H and O–H groups in total. The summed E-state index contributed by atoms with van der Waals surface area (Å²) in [6, 6.07) is 3.91. The summed E-state index contributed by atoms with van der Waals surface area (Å²) >= 11 is 0. The number of allylic oxidation sites excluding steroid dienone is 1. The predicted molar refractivity (Wildman–Crippen MR) is 122 cm³/mol. The molecule has 3 saturated carbocycles. The fraction of sp³-hybridized carbons (Fsp3) is 0.741. The van der Waals surface area contributed by atoms with Crippen LogP contribution in [0.15, 0.2) is 36.7 Å². The van der Waals surface area contributed by atoms with Crippen LogP contribution < -0.4 is 4.74 Å². The summed E-state index contributed by atoms with van der Waals surface area (Å²) in [6.07, 6.45) is 14.9. The van der Waals surface area contributed by atoms with Gasteiger partial charge < -0.3 is 14.2 Å². The van der Waals surface area contributed by atoms with Gasteiger partial charge in [0.25, 0.3) is 0 Å². The van der Waals surface area contributed by atoms with E-state index in [0.29, 0.717) is 30.5 Å². The third kappa shape index (κ3) is 3.84. The van der Waals surface area contributed by atoms with Gasteiger partial charge in [0.1, 0.15) is 5.75 Å². The molecule has 1 saturated heterocycles. The summed E-state index contributed by atoms with van der Waals surface area (Å²) in [5, 5.41) is 0. The van der Waals surface area contributed by atoms with E-state index in [0.717, 1.165) is 31.6 Å². The highest BCUT2D eigenvalue weighted by Gasteiger charge is 2.60. The lowest BCUT2D eigenvalue weighted by atomic mass is 9.46. The normalized spacial score (nSPS) is 40.9. The van der Waals surface area contributed by atoms with Crippen molar-refractivity contribution in [3.05, 3.63) is 36.7 Å². The first-order valence-electron chi connectivity index (χ1n) is 12.5. The first-order chi connectivity index (χ1) is 15.0. The Balaban J connectivity index is 1.29. The molecule has 0 aromatic carbocycles. The van der Waals surface area contributed by atoms with Crippen molar-refractivity contribution in [2.45, 2.75) is 84.0 Å². The zero-order chi connectivity index (χ0) is 21.5. The largest absolute Gasteiger partial charge is 0.492 e. The minimum absolute atomic E-state index is 0.0344. The quantitative estimate of drug-likeness (QED) is 0.529. The Morgan fingerprint density at radius 3 is 2.77 bits per heavy atom. The number of pyridine rings is 1. The van der Waals surface area contributed by atoms with Crippen LogP contribution >= 0.6 is 0 Å². The van der Waals surface area contributed by atoms with E-state index in [2.05, 4.69) is 25.4 Å². The maximum Gasteiger partial charge on any atom is 0.160 e. The molecule has 0 amide bonds. The Morgan fingerprint density at radius 1 is 1.16 bits per heavy atom. The summed E-state index contributed by atoms with van der Waals surface area (Å²) < 4.78 is 19.2. The molecule has 0 spiro atoms. The van der Waals surface area contributed by atoms with Gasteiger partial charge in [0.15, 0.2) is 6.29 Å². The molecule has 31 heavy (non-hydrogen) atoms. The van der Waals surface area contributed by atoms with Crippen LogP contribution in [-0.2, 0) is 9.47 Å². The monoisotopic (exact) mass is 425 g/mol. The molecule has 5 rings (SSSR count). The van der Waals surface area contributed by atoms with Crippen LogP contribution in [0.25, 0.3) is 0 Å². The van der Waals surface area contributed by atoms with Crippen LogP contribution in [0.5, 0.6) is 5.75 Å². The molecule has 3 aliphatic carbocycles. The molecule has 4 nitrogen and oxygen atoms in total. The molecule has 1 aliphatic heterocycles. The Bertz CT molecular complexity index is 776. The molecule has 1 unspecified atom stereocenters. The molecule has 0 bridgehead atoms. The minimum Gasteiger partial charge on any atom is -0.492 e. The van der Waals surface area contributed by atoms with Gasteiger partial charge in [-0.25, -0.2) is 0 Å². The maximum absolute atomic E-state index is 6.70. The third-order valence-corrected chi connectivity index (χ3v) is 9.27. The topological polar surface area (TPSA) is 40.6 Å². The van der Waals surface area contributed by atoms with Crippen LogP contribution in [-0.4, -0.2) is 30.6 Å². The second-order valence-corrected chi connectivity index (χ2v) is 11.0. The van der Waals surface area contributed by atoms with E-state index in [4.69, 9.17) is 14.2 Å². The van der Waals surface area contributed by atoms with E-state index in [1.54, 1.807) is 12.4 Å². The number of fused-ring (bicyclic) bond motifs is 3. The van der Waals surface area contributed by atoms with Gasteiger partial charge in [-0.15, -0.1) is 0 Å². The summed E-state index contributed by atoms with van der Waals surface area (Å²) in [4.78, 5) is 4.16. The van der Waals surface area contributed by atoms with E-state index >= 15 is 0 Å². The van der Waals surface area contributed by atoms with Crippen molar-refractivity contribution in [3.8, 4) is 5.75 Å². The molecule has 1 aromatic heterocycles. The van der Waals surface area contributed by atoms with E-state index in [9.17, 15) is 0 Å².